The van der Waals surface area contributed by atoms with E-state index in [-0.39, 0.29) is 0 Å². The lowest BCUT2D eigenvalue weighted by Crippen LogP contribution is -1.94. The number of nitrogens with zero attached hydrogens (tertiary/aromatic N) is 1. The summed E-state index contributed by atoms with van der Waals surface area (Å²) in [5, 5.41) is 2.58. The molecule has 1 aliphatic carbocycles. The summed E-state index contributed by atoms with van der Waals surface area (Å²) in [5.41, 5.74) is 17.6. The summed E-state index contributed by atoms with van der Waals surface area (Å²) in [6.07, 6.45) is 12.6. The Morgan fingerprint density at radius 2 is 1.07 bits per heavy atom. The number of benzene rings is 6. The first-order valence-corrected chi connectivity index (χ1v) is 20.1. The Labute approximate surface area is 335 Å². The minimum absolute atomic E-state index is 1.11. The van der Waals surface area contributed by atoms with Crippen LogP contribution in [0.25, 0.3) is 60.9 Å². The number of aromatic nitrogens is 1. The first-order chi connectivity index (χ1) is 27.4. The van der Waals surface area contributed by atoms with Crippen LogP contribution in [0.3, 0.4) is 0 Å². The molecule has 56 heavy (non-hydrogen) atoms. The summed E-state index contributed by atoms with van der Waals surface area (Å²) in [4.78, 5) is 0. The van der Waals surface area contributed by atoms with Crippen LogP contribution in [-0.2, 0) is 0 Å². The van der Waals surface area contributed by atoms with Gasteiger partial charge in [0.15, 0.2) is 0 Å². The second kappa shape index (κ2) is 18.9. The molecule has 8 rings (SSSR count). The zero-order valence-electron chi connectivity index (χ0n) is 34.0. The van der Waals surface area contributed by atoms with Gasteiger partial charge in [0.25, 0.3) is 0 Å². The third kappa shape index (κ3) is 9.19. The number of rotatable bonds is 7. The van der Waals surface area contributed by atoms with Crippen LogP contribution < -0.4 is 0 Å². The second-order valence-corrected chi connectivity index (χ2v) is 14.5. The summed E-state index contributed by atoms with van der Waals surface area (Å²) in [7, 11) is 0. The second-order valence-electron chi connectivity index (χ2n) is 14.5. The number of para-hydroxylation sites is 2. The van der Waals surface area contributed by atoms with E-state index in [1.54, 1.807) is 0 Å². The quantitative estimate of drug-likeness (QED) is 0.144. The SMILES string of the molecule is C=C(C)c1ccc(-c2ccccc2)cc1.CC.CC(C)=C(/C=C(\C)c1ccc(-n2c3ccccc3c3ccccc32)cc1)c1ccc(C2=CC=CCCC2)cc1. The lowest BCUT2D eigenvalue weighted by Gasteiger charge is -2.12. The molecular weight excluding hydrogens is 675 g/mol. The van der Waals surface area contributed by atoms with Crippen molar-refractivity contribution in [2.45, 2.75) is 60.8 Å². The molecule has 0 aliphatic heterocycles. The average Bonchev–Trinajstić information content (AvgIpc) is 3.36. The standard InChI is InChI=1S/C38H35N.C15H14.C2H6/c1-27(2)36(32-20-18-31(19-21-32)30-12-6-4-5-7-13-30)26-28(3)29-22-24-33(25-23-29)39-37-16-10-8-14-34(37)35-15-9-11-17-38(35)39;1-12(2)13-8-10-15(11-9-13)14-6-4-3-5-7-14;1-2/h4,6,8-12,14-26H,5,7,13H2,1-3H3;3-11H,1H2,2H3;1-2H3/b28-26+;;. The molecule has 0 unspecified atom stereocenters. The van der Waals surface area contributed by atoms with Crippen LogP contribution in [0, 0.1) is 0 Å². The van der Waals surface area contributed by atoms with Crippen molar-refractivity contribution in [2.75, 3.05) is 0 Å². The van der Waals surface area contributed by atoms with Gasteiger partial charge in [-0.15, -0.1) is 0 Å². The topological polar surface area (TPSA) is 4.93 Å². The van der Waals surface area contributed by atoms with Crippen molar-refractivity contribution in [3.63, 3.8) is 0 Å². The van der Waals surface area contributed by atoms with Gasteiger partial charge in [-0.1, -0.05) is 183 Å². The molecule has 1 heterocycles. The largest absolute Gasteiger partial charge is 0.309 e. The number of hydrogen-bond donors (Lipinski definition) is 0. The third-order valence-corrected chi connectivity index (χ3v) is 10.4. The number of allylic oxidation sites excluding steroid dienone is 9. The molecule has 1 nitrogen and oxygen atoms in total. The molecule has 1 aromatic heterocycles. The van der Waals surface area contributed by atoms with E-state index in [4.69, 9.17) is 0 Å². The molecule has 0 fully saturated rings. The number of fused-ring (bicyclic) bond motifs is 3. The Balaban J connectivity index is 0.000000261. The Kier molecular flexibility index (Phi) is 13.3. The molecule has 0 spiro atoms. The van der Waals surface area contributed by atoms with E-state index in [2.05, 4.69) is 202 Å². The molecule has 6 aromatic carbocycles. The van der Waals surface area contributed by atoms with Crippen LogP contribution in [0.2, 0.25) is 0 Å². The molecular formula is C55H55N. The minimum Gasteiger partial charge on any atom is -0.309 e. The Hall–Kier alpha value is -6.18. The van der Waals surface area contributed by atoms with Gasteiger partial charge in [0.1, 0.15) is 0 Å². The predicted octanol–water partition coefficient (Wildman–Crippen LogP) is 16.2. The van der Waals surface area contributed by atoms with Crippen LogP contribution in [0.5, 0.6) is 0 Å². The van der Waals surface area contributed by atoms with Gasteiger partial charge in [-0.3, -0.25) is 0 Å². The highest BCUT2D eigenvalue weighted by molar-refractivity contribution is 6.09. The highest BCUT2D eigenvalue weighted by Gasteiger charge is 2.12. The highest BCUT2D eigenvalue weighted by Crippen LogP contribution is 2.33. The van der Waals surface area contributed by atoms with E-state index >= 15 is 0 Å². The average molecular weight is 730 g/mol. The summed E-state index contributed by atoms with van der Waals surface area (Å²) >= 11 is 0. The van der Waals surface area contributed by atoms with Gasteiger partial charge in [0.05, 0.1) is 11.0 Å². The fourth-order valence-electron chi connectivity index (χ4n) is 7.35. The van der Waals surface area contributed by atoms with Crippen molar-refractivity contribution in [3.8, 4) is 16.8 Å². The predicted molar refractivity (Wildman–Crippen MR) is 248 cm³/mol. The van der Waals surface area contributed by atoms with Gasteiger partial charge in [-0.05, 0) is 121 Å². The molecule has 0 radical (unpaired) electrons. The van der Waals surface area contributed by atoms with Gasteiger partial charge in [-0.2, -0.15) is 0 Å². The maximum absolute atomic E-state index is 3.93. The lowest BCUT2D eigenvalue weighted by atomic mass is 9.94. The minimum atomic E-state index is 1.11. The zero-order valence-corrected chi connectivity index (χ0v) is 34.0. The summed E-state index contributed by atoms with van der Waals surface area (Å²) in [5.74, 6) is 0. The van der Waals surface area contributed by atoms with Gasteiger partial charge in [0, 0.05) is 16.5 Å². The van der Waals surface area contributed by atoms with E-state index in [0.29, 0.717) is 0 Å². The molecule has 1 heteroatoms. The van der Waals surface area contributed by atoms with Gasteiger partial charge < -0.3 is 4.57 Å². The van der Waals surface area contributed by atoms with Crippen LogP contribution >= 0.6 is 0 Å². The molecule has 1 aliphatic rings. The Bertz CT molecular complexity index is 2460. The third-order valence-electron chi connectivity index (χ3n) is 10.4. The van der Waals surface area contributed by atoms with E-state index in [1.165, 1.54) is 96.0 Å². The smallest absolute Gasteiger partial charge is 0.0541 e. The maximum Gasteiger partial charge on any atom is 0.0541 e. The van der Waals surface area contributed by atoms with Gasteiger partial charge in [-0.25, -0.2) is 0 Å². The number of hydrogen-bond acceptors (Lipinski definition) is 0. The highest BCUT2D eigenvalue weighted by atomic mass is 15.0. The first kappa shape index (κ1) is 39.5. The molecule has 0 saturated heterocycles. The van der Waals surface area contributed by atoms with Crippen molar-refractivity contribution < 1.29 is 0 Å². The van der Waals surface area contributed by atoms with E-state index in [0.717, 1.165) is 12.0 Å². The molecule has 7 aromatic rings. The summed E-state index contributed by atoms with van der Waals surface area (Å²) < 4.78 is 2.37. The van der Waals surface area contributed by atoms with Crippen molar-refractivity contribution in [3.05, 3.63) is 210 Å². The molecule has 280 valence electrons. The zero-order chi connectivity index (χ0) is 39.4. The van der Waals surface area contributed by atoms with Crippen molar-refractivity contribution in [1.82, 2.24) is 4.57 Å². The first-order valence-electron chi connectivity index (χ1n) is 20.1. The van der Waals surface area contributed by atoms with Crippen LogP contribution in [-0.4, -0.2) is 4.57 Å². The maximum atomic E-state index is 3.93. The molecule has 0 bridgehead atoms. The molecule has 0 atom stereocenters. The molecule has 0 saturated carbocycles. The van der Waals surface area contributed by atoms with Crippen LogP contribution in [0.4, 0.5) is 0 Å². The van der Waals surface area contributed by atoms with Crippen molar-refractivity contribution in [1.29, 1.82) is 0 Å². The normalized spacial score (nSPS) is 12.5. The Morgan fingerprint density at radius 1 is 0.554 bits per heavy atom. The van der Waals surface area contributed by atoms with Crippen molar-refractivity contribution >= 4 is 44.1 Å². The van der Waals surface area contributed by atoms with E-state index in [1.807, 2.05) is 26.8 Å². The molecule has 0 N–H and O–H groups in total. The van der Waals surface area contributed by atoms with Gasteiger partial charge >= 0.3 is 0 Å². The fraction of sp³-hybridized carbons (Fsp3) is 0.164. The van der Waals surface area contributed by atoms with Crippen molar-refractivity contribution in [2.24, 2.45) is 0 Å². The molecule has 0 amide bonds. The lowest BCUT2D eigenvalue weighted by molar-refractivity contribution is 0.886. The van der Waals surface area contributed by atoms with Crippen LogP contribution in [0.1, 0.15) is 83.1 Å². The fourth-order valence-corrected chi connectivity index (χ4v) is 7.35. The Morgan fingerprint density at radius 3 is 1.66 bits per heavy atom. The summed E-state index contributed by atoms with van der Waals surface area (Å²) in [6.45, 7) is 16.6. The van der Waals surface area contributed by atoms with Crippen LogP contribution in [0.15, 0.2) is 188 Å². The van der Waals surface area contributed by atoms with E-state index < -0.39 is 0 Å². The monoisotopic (exact) mass is 729 g/mol. The van der Waals surface area contributed by atoms with Gasteiger partial charge in [0.2, 0.25) is 0 Å². The summed E-state index contributed by atoms with van der Waals surface area (Å²) in [6, 6.07) is 54.4. The van der Waals surface area contributed by atoms with E-state index in [9.17, 15) is 0 Å².